The fraction of sp³-hybridized carbons (Fsp3) is 0.500. The fourth-order valence-corrected chi connectivity index (χ4v) is 4.78. The number of rotatable bonds is 6. The number of hydrogen-bond acceptors (Lipinski definition) is 5. The third-order valence-electron chi connectivity index (χ3n) is 4.00. The lowest BCUT2D eigenvalue weighted by Crippen LogP contribution is -2.44. The zero-order valence-electron chi connectivity index (χ0n) is 12.8. The molecule has 0 unspecified atom stereocenters. The lowest BCUT2D eigenvalue weighted by molar-refractivity contribution is -0.385. The molecule has 0 spiro atoms. The number of aryl methyl sites for hydroxylation is 1. The molecule has 1 aliphatic carbocycles. The molecule has 23 heavy (non-hydrogen) atoms. The second kappa shape index (κ2) is 6.63. The van der Waals surface area contributed by atoms with Crippen molar-refractivity contribution in [1.29, 1.82) is 0 Å². The Bertz CT molecular complexity index is 726. The maximum Gasteiger partial charge on any atom is 0.269 e. The third-order valence-corrected chi connectivity index (χ3v) is 6.06. The van der Waals surface area contributed by atoms with Crippen LogP contribution in [-0.4, -0.2) is 36.1 Å². The van der Waals surface area contributed by atoms with Gasteiger partial charge in [0.2, 0.25) is 15.9 Å². The van der Waals surface area contributed by atoms with Crippen molar-refractivity contribution < 1.29 is 18.1 Å². The van der Waals surface area contributed by atoms with Crippen molar-refractivity contribution in [3.63, 3.8) is 0 Å². The van der Waals surface area contributed by atoms with E-state index in [2.05, 4.69) is 0 Å². The van der Waals surface area contributed by atoms with Gasteiger partial charge in [0.15, 0.2) is 0 Å². The van der Waals surface area contributed by atoms with E-state index in [1.807, 2.05) is 0 Å². The van der Waals surface area contributed by atoms with Crippen molar-refractivity contribution in [2.75, 3.05) is 6.54 Å². The van der Waals surface area contributed by atoms with E-state index in [9.17, 15) is 23.3 Å². The van der Waals surface area contributed by atoms with Gasteiger partial charge >= 0.3 is 0 Å². The van der Waals surface area contributed by atoms with Crippen molar-refractivity contribution in [2.24, 2.45) is 5.73 Å². The smallest absolute Gasteiger partial charge is 0.269 e. The first-order chi connectivity index (χ1) is 10.7. The van der Waals surface area contributed by atoms with Crippen molar-refractivity contribution in [1.82, 2.24) is 4.31 Å². The van der Waals surface area contributed by atoms with Crippen molar-refractivity contribution in [2.45, 2.75) is 43.5 Å². The predicted octanol–water partition coefficient (Wildman–Crippen LogP) is 1.32. The quantitative estimate of drug-likeness (QED) is 0.617. The van der Waals surface area contributed by atoms with Crippen LogP contribution in [0.3, 0.4) is 0 Å². The number of nitrogens with zero attached hydrogens (tertiary/aromatic N) is 2. The van der Waals surface area contributed by atoms with Crippen LogP contribution in [-0.2, 0) is 14.8 Å². The molecule has 1 aromatic carbocycles. The molecule has 1 aromatic rings. The number of non-ortho nitro benzene ring substituents is 1. The molecule has 1 fully saturated rings. The molecule has 0 heterocycles. The number of carbonyl (C=O) groups is 1. The van der Waals surface area contributed by atoms with Crippen LogP contribution in [0.4, 0.5) is 5.69 Å². The zero-order valence-corrected chi connectivity index (χ0v) is 13.6. The van der Waals surface area contributed by atoms with Gasteiger partial charge in [0, 0.05) is 18.2 Å². The minimum absolute atomic E-state index is 0.0313. The van der Waals surface area contributed by atoms with E-state index in [1.54, 1.807) is 0 Å². The lowest BCUT2D eigenvalue weighted by Gasteiger charge is -2.27. The van der Waals surface area contributed by atoms with Gasteiger partial charge in [0.1, 0.15) is 0 Å². The lowest BCUT2D eigenvalue weighted by atomic mass is 10.2. The minimum atomic E-state index is -3.94. The first kappa shape index (κ1) is 17.4. The molecule has 9 heteroatoms. The van der Waals surface area contributed by atoms with Gasteiger partial charge in [-0.15, -0.1) is 0 Å². The summed E-state index contributed by atoms with van der Waals surface area (Å²) >= 11 is 0. The van der Waals surface area contributed by atoms with E-state index < -0.39 is 20.9 Å². The molecule has 0 aliphatic heterocycles. The maximum atomic E-state index is 12.9. The van der Waals surface area contributed by atoms with Crippen LogP contribution in [0.5, 0.6) is 0 Å². The highest BCUT2D eigenvalue weighted by Gasteiger charge is 2.35. The SMILES string of the molecule is Cc1cc([N+](=O)[O-])ccc1S(=O)(=O)N(CC(N)=O)C1CCCC1. The molecular formula is C14H19N3O5S. The highest BCUT2D eigenvalue weighted by atomic mass is 32.2. The van der Waals surface area contributed by atoms with Gasteiger partial charge in [-0.1, -0.05) is 12.8 Å². The summed E-state index contributed by atoms with van der Waals surface area (Å²) in [5, 5.41) is 10.8. The molecule has 0 atom stereocenters. The number of nitrogens with two attached hydrogens (primary N) is 1. The number of nitro groups is 1. The molecule has 1 amide bonds. The standard InChI is InChI=1S/C14H19N3O5S/c1-10-8-12(17(19)20)6-7-13(10)23(21,22)16(9-14(15)18)11-4-2-3-5-11/h6-8,11H,2-5,9H2,1H3,(H2,15,18). The second-order valence-corrected chi connectivity index (χ2v) is 7.52. The fourth-order valence-electron chi connectivity index (χ4n) is 2.92. The van der Waals surface area contributed by atoms with Gasteiger partial charge in [-0.25, -0.2) is 8.42 Å². The predicted molar refractivity (Wildman–Crippen MR) is 83.2 cm³/mol. The Hall–Kier alpha value is -2.00. The second-order valence-electron chi connectivity index (χ2n) is 5.66. The number of benzene rings is 1. The van der Waals surface area contributed by atoms with Gasteiger partial charge in [-0.2, -0.15) is 4.31 Å². The van der Waals surface area contributed by atoms with E-state index in [-0.39, 0.29) is 28.7 Å². The molecule has 0 saturated heterocycles. The van der Waals surface area contributed by atoms with Crippen LogP contribution >= 0.6 is 0 Å². The molecule has 2 rings (SSSR count). The van der Waals surface area contributed by atoms with E-state index >= 15 is 0 Å². The Morgan fingerprint density at radius 1 is 1.39 bits per heavy atom. The van der Waals surface area contributed by atoms with Crippen molar-refractivity contribution in [3.8, 4) is 0 Å². The number of primary amides is 1. The third kappa shape index (κ3) is 3.67. The molecule has 2 N–H and O–H groups in total. The summed E-state index contributed by atoms with van der Waals surface area (Å²) in [6.07, 6.45) is 3.15. The van der Waals surface area contributed by atoms with Crippen molar-refractivity contribution >= 4 is 21.6 Å². The number of carbonyl (C=O) groups excluding carboxylic acids is 1. The molecule has 0 aromatic heterocycles. The van der Waals surface area contributed by atoms with Crippen LogP contribution in [0.25, 0.3) is 0 Å². The number of amides is 1. The highest BCUT2D eigenvalue weighted by Crippen LogP contribution is 2.30. The summed E-state index contributed by atoms with van der Waals surface area (Å²) in [7, 11) is -3.94. The van der Waals surface area contributed by atoms with Crippen LogP contribution in [0.1, 0.15) is 31.2 Å². The van der Waals surface area contributed by atoms with Crippen LogP contribution in [0.15, 0.2) is 23.1 Å². The maximum absolute atomic E-state index is 12.9. The Kier molecular flexibility index (Phi) is 5.00. The summed E-state index contributed by atoms with van der Waals surface area (Å²) in [6.45, 7) is 1.11. The summed E-state index contributed by atoms with van der Waals surface area (Å²) in [5.74, 6) is -0.722. The topological polar surface area (TPSA) is 124 Å². The van der Waals surface area contributed by atoms with Crippen molar-refractivity contribution in [3.05, 3.63) is 33.9 Å². The van der Waals surface area contributed by atoms with Gasteiger partial charge in [0.05, 0.1) is 16.4 Å². The largest absolute Gasteiger partial charge is 0.369 e. The highest BCUT2D eigenvalue weighted by molar-refractivity contribution is 7.89. The average molecular weight is 341 g/mol. The molecule has 0 radical (unpaired) electrons. The number of hydrogen-bond donors (Lipinski definition) is 1. The molecule has 1 aliphatic rings. The Morgan fingerprint density at radius 3 is 2.48 bits per heavy atom. The van der Waals surface area contributed by atoms with Crippen LogP contribution in [0.2, 0.25) is 0 Å². The molecule has 1 saturated carbocycles. The number of sulfonamides is 1. The van der Waals surface area contributed by atoms with Gasteiger partial charge < -0.3 is 5.73 Å². The Morgan fingerprint density at radius 2 is 2.00 bits per heavy atom. The van der Waals surface area contributed by atoms with E-state index in [4.69, 9.17) is 5.73 Å². The summed E-state index contributed by atoms with van der Waals surface area (Å²) in [6, 6.07) is 3.31. The van der Waals surface area contributed by atoms with E-state index in [0.717, 1.165) is 23.2 Å². The van der Waals surface area contributed by atoms with Crippen LogP contribution < -0.4 is 5.73 Å². The Balaban J connectivity index is 2.44. The van der Waals surface area contributed by atoms with Gasteiger partial charge in [-0.3, -0.25) is 14.9 Å². The first-order valence-electron chi connectivity index (χ1n) is 7.28. The average Bonchev–Trinajstić information content (AvgIpc) is 2.97. The van der Waals surface area contributed by atoms with E-state index in [1.165, 1.54) is 19.1 Å². The molecule has 8 nitrogen and oxygen atoms in total. The molecular weight excluding hydrogens is 322 g/mol. The van der Waals surface area contributed by atoms with Gasteiger partial charge in [-0.05, 0) is 31.4 Å². The molecule has 0 bridgehead atoms. The monoisotopic (exact) mass is 341 g/mol. The summed E-state index contributed by atoms with van der Waals surface area (Å²) in [5.41, 5.74) is 5.30. The van der Waals surface area contributed by atoms with E-state index in [0.29, 0.717) is 12.8 Å². The summed E-state index contributed by atoms with van der Waals surface area (Å²) < 4.78 is 26.9. The van der Waals surface area contributed by atoms with Crippen LogP contribution in [0, 0.1) is 17.0 Å². The minimum Gasteiger partial charge on any atom is -0.369 e. The summed E-state index contributed by atoms with van der Waals surface area (Å²) in [4.78, 5) is 21.5. The zero-order chi connectivity index (χ0) is 17.2. The molecule has 126 valence electrons. The normalized spacial score (nSPS) is 15.9. The van der Waals surface area contributed by atoms with Gasteiger partial charge in [0.25, 0.3) is 5.69 Å². The number of nitro benzene ring substituents is 1. The Labute approximate surface area is 134 Å². The first-order valence-corrected chi connectivity index (χ1v) is 8.72.